The third-order valence-corrected chi connectivity index (χ3v) is 7.87. The van der Waals surface area contributed by atoms with Crippen molar-refractivity contribution in [2.75, 3.05) is 0 Å². The van der Waals surface area contributed by atoms with Crippen molar-refractivity contribution in [1.82, 2.24) is 5.32 Å². The quantitative estimate of drug-likeness (QED) is 0.614. The lowest BCUT2D eigenvalue weighted by Crippen LogP contribution is -2.54. The summed E-state index contributed by atoms with van der Waals surface area (Å²) in [4.78, 5) is 0. The number of rotatable bonds is 7. The van der Waals surface area contributed by atoms with E-state index < -0.39 is 0 Å². The first kappa shape index (κ1) is 19.1. The second kappa shape index (κ2) is 7.75. The van der Waals surface area contributed by atoms with E-state index in [1.807, 2.05) is 18.2 Å². The highest BCUT2D eigenvalue weighted by molar-refractivity contribution is 5.29. The maximum absolute atomic E-state index is 13.8. The number of halogens is 1. The molecule has 6 rings (SSSR count). The number of nitrogens with one attached hydrogen (secondary N) is 1. The van der Waals surface area contributed by atoms with Crippen molar-refractivity contribution < 1.29 is 9.13 Å². The Morgan fingerprint density at radius 2 is 1.69 bits per heavy atom. The minimum atomic E-state index is -0.213. The first-order valence-electron chi connectivity index (χ1n) is 11.3. The van der Waals surface area contributed by atoms with Crippen LogP contribution in [0.3, 0.4) is 0 Å². The molecule has 2 nitrogen and oxygen atoms in total. The Hall–Kier alpha value is -1.87. The van der Waals surface area contributed by atoms with Gasteiger partial charge >= 0.3 is 0 Å². The first-order valence-corrected chi connectivity index (χ1v) is 11.3. The Labute approximate surface area is 173 Å². The molecule has 4 aliphatic rings. The summed E-state index contributed by atoms with van der Waals surface area (Å²) < 4.78 is 19.7. The average molecular weight is 394 g/mol. The van der Waals surface area contributed by atoms with Crippen LogP contribution in [0.4, 0.5) is 4.39 Å². The molecule has 1 N–H and O–H groups in total. The first-order chi connectivity index (χ1) is 14.1. The molecule has 0 spiro atoms. The van der Waals surface area contributed by atoms with E-state index in [-0.39, 0.29) is 12.4 Å². The molecular formula is C26H32FNO. The van der Waals surface area contributed by atoms with Gasteiger partial charge in [-0.2, -0.15) is 0 Å². The summed E-state index contributed by atoms with van der Waals surface area (Å²) in [6, 6.07) is 15.6. The average Bonchev–Trinajstić information content (AvgIpc) is 2.71. The SMILES string of the molecule is C[C@H](NCc1cccc(OCc2ccccc2F)c1)C12CC3CC(CC(C3)C1)C2. The maximum atomic E-state index is 13.8. The van der Waals surface area contributed by atoms with E-state index in [1.54, 1.807) is 12.1 Å². The zero-order valence-electron chi connectivity index (χ0n) is 17.4. The topological polar surface area (TPSA) is 21.3 Å². The molecule has 0 radical (unpaired) electrons. The lowest BCUT2D eigenvalue weighted by atomic mass is 9.48. The van der Waals surface area contributed by atoms with Crippen LogP contribution in [-0.4, -0.2) is 6.04 Å². The van der Waals surface area contributed by atoms with Gasteiger partial charge < -0.3 is 10.1 Å². The zero-order chi connectivity index (χ0) is 19.8. The van der Waals surface area contributed by atoms with Crippen molar-refractivity contribution in [1.29, 1.82) is 0 Å². The van der Waals surface area contributed by atoms with Crippen LogP contribution in [0.15, 0.2) is 48.5 Å². The molecule has 4 fully saturated rings. The zero-order valence-corrected chi connectivity index (χ0v) is 17.4. The summed E-state index contributed by atoms with van der Waals surface area (Å²) in [6.45, 7) is 3.53. The molecule has 0 heterocycles. The van der Waals surface area contributed by atoms with Crippen LogP contribution in [0.25, 0.3) is 0 Å². The maximum Gasteiger partial charge on any atom is 0.129 e. The largest absolute Gasteiger partial charge is 0.489 e. The summed E-state index contributed by atoms with van der Waals surface area (Å²) >= 11 is 0. The Balaban J connectivity index is 1.19. The van der Waals surface area contributed by atoms with Crippen molar-refractivity contribution in [2.45, 2.75) is 64.6 Å². The highest BCUT2D eigenvalue weighted by atomic mass is 19.1. The van der Waals surface area contributed by atoms with Crippen LogP contribution < -0.4 is 10.1 Å². The Morgan fingerprint density at radius 1 is 1.00 bits per heavy atom. The van der Waals surface area contributed by atoms with Gasteiger partial charge in [-0.3, -0.25) is 0 Å². The highest BCUT2D eigenvalue weighted by Crippen LogP contribution is 2.61. The monoisotopic (exact) mass is 393 g/mol. The van der Waals surface area contributed by atoms with Crippen LogP contribution >= 0.6 is 0 Å². The van der Waals surface area contributed by atoms with Gasteiger partial charge in [0.05, 0.1) is 0 Å². The molecule has 4 bridgehead atoms. The Bertz CT molecular complexity index is 828. The molecule has 29 heavy (non-hydrogen) atoms. The summed E-state index contributed by atoms with van der Waals surface area (Å²) in [5.41, 5.74) is 2.34. The molecule has 3 heteroatoms. The molecule has 0 amide bonds. The van der Waals surface area contributed by atoms with E-state index in [1.165, 1.54) is 50.2 Å². The van der Waals surface area contributed by atoms with Crippen LogP contribution in [0, 0.1) is 29.0 Å². The van der Waals surface area contributed by atoms with Crippen molar-refractivity contribution in [3.8, 4) is 5.75 Å². The van der Waals surface area contributed by atoms with Crippen molar-refractivity contribution in [2.24, 2.45) is 23.2 Å². The minimum absolute atomic E-state index is 0.213. The molecule has 4 aliphatic carbocycles. The predicted octanol–water partition coefficient (Wildman–Crippen LogP) is 6.10. The fraction of sp³-hybridized carbons (Fsp3) is 0.538. The second-order valence-electron chi connectivity index (χ2n) is 9.91. The van der Waals surface area contributed by atoms with Crippen LogP contribution in [0.1, 0.15) is 56.6 Å². The van der Waals surface area contributed by atoms with Gasteiger partial charge in [0.1, 0.15) is 18.2 Å². The number of hydrogen-bond acceptors (Lipinski definition) is 2. The van der Waals surface area contributed by atoms with Crippen molar-refractivity contribution in [3.05, 3.63) is 65.5 Å². The lowest BCUT2D eigenvalue weighted by Gasteiger charge is -2.59. The molecule has 4 saturated carbocycles. The minimum Gasteiger partial charge on any atom is -0.489 e. The molecule has 0 aliphatic heterocycles. The Kier molecular flexibility index (Phi) is 5.11. The van der Waals surface area contributed by atoms with Gasteiger partial charge in [0.2, 0.25) is 0 Å². The van der Waals surface area contributed by atoms with E-state index in [2.05, 4.69) is 24.4 Å². The van der Waals surface area contributed by atoms with Crippen LogP contribution in [0.5, 0.6) is 5.75 Å². The molecule has 0 saturated heterocycles. The standard InChI is InChI=1S/C26H32FNO/c1-18(26-13-20-9-21(14-26)11-22(10-20)15-26)28-16-19-5-4-7-24(12-19)29-17-23-6-2-3-8-25(23)27/h2-8,12,18,20-22,28H,9-11,13-17H2,1H3/t18-,20?,21?,22?,26?/m0/s1. The second-order valence-corrected chi connectivity index (χ2v) is 9.91. The lowest BCUT2D eigenvalue weighted by molar-refractivity contribution is -0.0706. The molecular weight excluding hydrogens is 361 g/mol. The third kappa shape index (κ3) is 3.94. The fourth-order valence-electron chi connectivity index (χ4n) is 6.72. The molecule has 154 valence electrons. The van der Waals surface area contributed by atoms with Gasteiger partial charge in [0.25, 0.3) is 0 Å². The molecule has 2 aromatic rings. The third-order valence-electron chi connectivity index (χ3n) is 7.87. The molecule has 1 atom stereocenters. The van der Waals surface area contributed by atoms with Gasteiger partial charge in [-0.05, 0) is 92.4 Å². The number of benzene rings is 2. The van der Waals surface area contributed by atoms with Gasteiger partial charge in [0, 0.05) is 18.2 Å². The van der Waals surface area contributed by atoms with E-state index >= 15 is 0 Å². The number of ether oxygens (including phenoxy) is 1. The van der Waals surface area contributed by atoms with Gasteiger partial charge in [-0.15, -0.1) is 0 Å². The molecule has 0 unspecified atom stereocenters. The number of hydrogen-bond donors (Lipinski definition) is 1. The Morgan fingerprint density at radius 3 is 2.38 bits per heavy atom. The van der Waals surface area contributed by atoms with Crippen molar-refractivity contribution in [3.63, 3.8) is 0 Å². The smallest absolute Gasteiger partial charge is 0.129 e. The summed E-state index contributed by atoms with van der Waals surface area (Å²) in [5, 5.41) is 3.85. The van der Waals surface area contributed by atoms with E-state index in [4.69, 9.17) is 4.74 Å². The highest BCUT2D eigenvalue weighted by Gasteiger charge is 2.52. The molecule has 2 aromatic carbocycles. The van der Waals surface area contributed by atoms with Gasteiger partial charge in [-0.1, -0.05) is 30.3 Å². The summed E-state index contributed by atoms with van der Waals surface area (Å²) in [5.74, 6) is 3.55. The van der Waals surface area contributed by atoms with E-state index in [0.29, 0.717) is 17.0 Å². The normalized spacial score (nSPS) is 31.0. The van der Waals surface area contributed by atoms with E-state index in [9.17, 15) is 4.39 Å². The van der Waals surface area contributed by atoms with Gasteiger partial charge in [0.15, 0.2) is 0 Å². The van der Waals surface area contributed by atoms with Crippen LogP contribution in [0.2, 0.25) is 0 Å². The fourth-order valence-corrected chi connectivity index (χ4v) is 6.72. The van der Waals surface area contributed by atoms with Crippen LogP contribution in [-0.2, 0) is 13.2 Å². The van der Waals surface area contributed by atoms with Gasteiger partial charge in [-0.25, -0.2) is 4.39 Å². The summed E-state index contributed by atoms with van der Waals surface area (Å²) in [6.07, 6.45) is 8.77. The van der Waals surface area contributed by atoms with E-state index in [0.717, 1.165) is 30.0 Å². The molecule has 0 aromatic heterocycles. The summed E-state index contributed by atoms with van der Waals surface area (Å²) in [7, 11) is 0. The van der Waals surface area contributed by atoms with Crippen molar-refractivity contribution >= 4 is 0 Å². The predicted molar refractivity (Wildman–Crippen MR) is 114 cm³/mol.